The lowest BCUT2D eigenvalue weighted by molar-refractivity contribution is 0.276. The van der Waals surface area contributed by atoms with Crippen molar-refractivity contribution in [1.82, 2.24) is 10.2 Å². The van der Waals surface area contributed by atoms with E-state index in [0.717, 1.165) is 17.0 Å². The zero-order valence-electron chi connectivity index (χ0n) is 8.91. The van der Waals surface area contributed by atoms with E-state index in [1.807, 2.05) is 6.07 Å². The summed E-state index contributed by atoms with van der Waals surface area (Å²) < 4.78 is 0. The molecule has 0 spiro atoms. The highest BCUT2D eigenvalue weighted by Gasteiger charge is 2.06. The first kappa shape index (κ1) is 9.93. The van der Waals surface area contributed by atoms with Gasteiger partial charge in [-0.25, -0.2) is 0 Å². The molecule has 0 radical (unpaired) electrons. The highest BCUT2D eigenvalue weighted by Crippen LogP contribution is 2.23. The Morgan fingerprint density at radius 1 is 1.27 bits per heavy atom. The number of H-pyrrole nitrogens is 1. The molecule has 1 heterocycles. The van der Waals surface area contributed by atoms with E-state index in [-0.39, 0.29) is 6.61 Å². The van der Waals surface area contributed by atoms with Crippen LogP contribution in [0.3, 0.4) is 0 Å². The Morgan fingerprint density at radius 2 is 2.07 bits per heavy atom. The van der Waals surface area contributed by atoms with Crippen molar-refractivity contribution < 1.29 is 5.11 Å². The summed E-state index contributed by atoms with van der Waals surface area (Å²) in [5.74, 6) is 0. The van der Waals surface area contributed by atoms with Gasteiger partial charge < -0.3 is 5.11 Å². The number of nitrogens with one attached hydrogen (secondary N) is 1. The molecule has 15 heavy (non-hydrogen) atoms. The van der Waals surface area contributed by atoms with Crippen LogP contribution in [0.25, 0.3) is 11.3 Å². The quantitative estimate of drug-likeness (QED) is 0.784. The molecule has 0 amide bonds. The van der Waals surface area contributed by atoms with Crippen LogP contribution < -0.4 is 0 Å². The van der Waals surface area contributed by atoms with Gasteiger partial charge in [-0.3, -0.25) is 5.10 Å². The highest BCUT2D eigenvalue weighted by molar-refractivity contribution is 5.64. The standard InChI is InChI=1S/C12H14N2O/c1-8-3-4-9(2)11(5-8)12-6-10(7-15)13-14-12/h3-6,15H,7H2,1-2H3,(H,13,14). The highest BCUT2D eigenvalue weighted by atomic mass is 16.3. The van der Waals surface area contributed by atoms with Gasteiger partial charge in [0.2, 0.25) is 0 Å². The number of rotatable bonds is 2. The van der Waals surface area contributed by atoms with Crippen molar-refractivity contribution in [3.63, 3.8) is 0 Å². The molecular formula is C12H14N2O. The third kappa shape index (κ3) is 1.92. The normalized spacial score (nSPS) is 10.6. The smallest absolute Gasteiger partial charge is 0.0927 e. The molecule has 0 saturated heterocycles. The Hall–Kier alpha value is -1.61. The van der Waals surface area contributed by atoms with Gasteiger partial charge in [0.15, 0.2) is 0 Å². The van der Waals surface area contributed by atoms with Crippen molar-refractivity contribution in [1.29, 1.82) is 0 Å². The van der Waals surface area contributed by atoms with Gasteiger partial charge in [-0.05, 0) is 31.5 Å². The zero-order valence-corrected chi connectivity index (χ0v) is 8.91. The molecule has 78 valence electrons. The summed E-state index contributed by atoms with van der Waals surface area (Å²) in [5.41, 5.74) is 5.15. The molecule has 0 saturated carbocycles. The van der Waals surface area contributed by atoms with Crippen molar-refractivity contribution in [2.45, 2.75) is 20.5 Å². The van der Waals surface area contributed by atoms with E-state index in [1.165, 1.54) is 11.1 Å². The van der Waals surface area contributed by atoms with Gasteiger partial charge in [-0.2, -0.15) is 5.10 Å². The van der Waals surface area contributed by atoms with E-state index < -0.39 is 0 Å². The van der Waals surface area contributed by atoms with Crippen molar-refractivity contribution in [3.8, 4) is 11.3 Å². The Balaban J connectivity index is 2.48. The third-order valence-corrected chi connectivity index (χ3v) is 2.47. The topological polar surface area (TPSA) is 48.9 Å². The fourth-order valence-corrected chi connectivity index (χ4v) is 1.59. The Morgan fingerprint density at radius 3 is 2.73 bits per heavy atom. The van der Waals surface area contributed by atoms with E-state index in [1.54, 1.807) is 0 Å². The molecule has 0 aliphatic heterocycles. The van der Waals surface area contributed by atoms with Gasteiger partial charge in [0.25, 0.3) is 0 Å². The Bertz CT molecular complexity index is 474. The molecule has 3 nitrogen and oxygen atoms in total. The minimum absolute atomic E-state index is 0.00212. The lowest BCUT2D eigenvalue weighted by Gasteiger charge is -2.03. The minimum Gasteiger partial charge on any atom is -0.390 e. The molecule has 1 aromatic heterocycles. The molecule has 0 unspecified atom stereocenters. The first-order valence-corrected chi connectivity index (χ1v) is 4.93. The number of aromatic nitrogens is 2. The van der Waals surface area contributed by atoms with Crippen molar-refractivity contribution in [2.75, 3.05) is 0 Å². The number of aryl methyl sites for hydroxylation is 2. The molecule has 0 fully saturated rings. The summed E-state index contributed by atoms with van der Waals surface area (Å²) in [6.07, 6.45) is 0. The van der Waals surface area contributed by atoms with E-state index in [0.29, 0.717) is 0 Å². The van der Waals surface area contributed by atoms with Crippen LogP contribution in [-0.2, 0) is 6.61 Å². The maximum atomic E-state index is 8.95. The van der Waals surface area contributed by atoms with Crippen LogP contribution >= 0.6 is 0 Å². The molecule has 0 bridgehead atoms. The van der Waals surface area contributed by atoms with E-state index in [2.05, 4.69) is 42.2 Å². The van der Waals surface area contributed by atoms with Crippen LogP contribution in [0.2, 0.25) is 0 Å². The maximum Gasteiger partial charge on any atom is 0.0927 e. The summed E-state index contributed by atoms with van der Waals surface area (Å²) in [4.78, 5) is 0. The summed E-state index contributed by atoms with van der Waals surface area (Å²) in [7, 11) is 0. The van der Waals surface area contributed by atoms with Crippen LogP contribution in [0, 0.1) is 13.8 Å². The molecule has 3 heteroatoms. The average Bonchev–Trinajstić information content (AvgIpc) is 2.70. The summed E-state index contributed by atoms with van der Waals surface area (Å²) in [5, 5.41) is 15.9. The van der Waals surface area contributed by atoms with E-state index in [9.17, 15) is 0 Å². The molecular weight excluding hydrogens is 188 g/mol. The number of hydrogen-bond acceptors (Lipinski definition) is 2. The van der Waals surface area contributed by atoms with Crippen molar-refractivity contribution in [2.24, 2.45) is 0 Å². The lowest BCUT2D eigenvalue weighted by Crippen LogP contribution is -1.84. The fourth-order valence-electron chi connectivity index (χ4n) is 1.59. The summed E-state index contributed by atoms with van der Waals surface area (Å²) >= 11 is 0. The fraction of sp³-hybridized carbons (Fsp3) is 0.250. The van der Waals surface area contributed by atoms with Crippen LogP contribution in [0.1, 0.15) is 16.8 Å². The second kappa shape index (κ2) is 3.87. The number of nitrogens with zero attached hydrogens (tertiary/aromatic N) is 1. The SMILES string of the molecule is Cc1ccc(C)c(-c2cc(CO)[nH]n2)c1. The zero-order chi connectivity index (χ0) is 10.8. The number of aliphatic hydroxyl groups is 1. The lowest BCUT2D eigenvalue weighted by atomic mass is 10.0. The van der Waals surface area contributed by atoms with Gasteiger partial charge in [-0.15, -0.1) is 0 Å². The first-order chi connectivity index (χ1) is 7.20. The molecule has 2 aromatic rings. The number of aliphatic hydroxyl groups excluding tert-OH is 1. The van der Waals surface area contributed by atoms with Crippen LogP contribution in [0.4, 0.5) is 0 Å². The number of aromatic amines is 1. The first-order valence-electron chi connectivity index (χ1n) is 4.93. The van der Waals surface area contributed by atoms with Gasteiger partial charge in [0, 0.05) is 5.56 Å². The number of benzene rings is 1. The molecule has 1 aromatic carbocycles. The van der Waals surface area contributed by atoms with Crippen LogP contribution in [0.15, 0.2) is 24.3 Å². The van der Waals surface area contributed by atoms with E-state index in [4.69, 9.17) is 5.11 Å². The predicted molar refractivity (Wildman–Crippen MR) is 59.4 cm³/mol. The van der Waals surface area contributed by atoms with Gasteiger partial charge in [0.1, 0.15) is 0 Å². The second-order valence-electron chi connectivity index (χ2n) is 3.75. The predicted octanol–water partition coefficient (Wildman–Crippen LogP) is 2.19. The summed E-state index contributed by atoms with van der Waals surface area (Å²) in [6, 6.07) is 8.14. The summed E-state index contributed by atoms with van der Waals surface area (Å²) in [6.45, 7) is 4.11. The maximum absolute atomic E-state index is 8.95. The van der Waals surface area contributed by atoms with Gasteiger partial charge >= 0.3 is 0 Å². The molecule has 2 rings (SSSR count). The largest absolute Gasteiger partial charge is 0.390 e. The number of hydrogen-bond donors (Lipinski definition) is 2. The van der Waals surface area contributed by atoms with Crippen LogP contribution in [-0.4, -0.2) is 15.3 Å². The van der Waals surface area contributed by atoms with Gasteiger partial charge in [-0.1, -0.05) is 17.7 Å². The second-order valence-corrected chi connectivity index (χ2v) is 3.75. The molecule has 2 N–H and O–H groups in total. The third-order valence-electron chi connectivity index (χ3n) is 2.47. The molecule has 0 aliphatic rings. The molecule has 0 atom stereocenters. The Kier molecular flexibility index (Phi) is 2.56. The van der Waals surface area contributed by atoms with Crippen molar-refractivity contribution >= 4 is 0 Å². The van der Waals surface area contributed by atoms with Crippen molar-refractivity contribution in [3.05, 3.63) is 41.1 Å². The Labute approximate surface area is 88.8 Å². The minimum atomic E-state index is -0.00212. The molecule has 0 aliphatic carbocycles. The monoisotopic (exact) mass is 202 g/mol. The van der Waals surface area contributed by atoms with Gasteiger partial charge in [0.05, 0.1) is 18.0 Å². The van der Waals surface area contributed by atoms with Crippen LogP contribution in [0.5, 0.6) is 0 Å². The average molecular weight is 202 g/mol. The van der Waals surface area contributed by atoms with E-state index >= 15 is 0 Å².